The first-order valence-electron chi connectivity index (χ1n) is 7.83. The van der Waals surface area contributed by atoms with Crippen LogP contribution >= 0.6 is 0 Å². The Morgan fingerprint density at radius 1 is 1.16 bits per heavy atom. The molecule has 1 N–H and O–H groups in total. The van der Waals surface area contributed by atoms with E-state index in [0.29, 0.717) is 0 Å². The number of halogens is 1. The van der Waals surface area contributed by atoms with Gasteiger partial charge in [-0.05, 0) is 49.2 Å². The lowest BCUT2D eigenvalue weighted by atomic mass is 10.1. The first-order chi connectivity index (χ1) is 12.0. The summed E-state index contributed by atoms with van der Waals surface area (Å²) >= 11 is 0. The van der Waals surface area contributed by atoms with Crippen LogP contribution in [0.4, 0.5) is 10.1 Å². The van der Waals surface area contributed by atoms with E-state index in [2.05, 4.69) is 10.4 Å². The van der Waals surface area contributed by atoms with Gasteiger partial charge in [0.05, 0.1) is 0 Å². The van der Waals surface area contributed by atoms with E-state index in [0.717, 1.165) is 16.8 Å². The molecule has 0 saturated carbocycles. The maximum absolute atomic E-state index is 13.5. The summed E-state index contributed by atoms with van der Waals surface area (Å²) in [6.07, 6.45) is 1.61. The number of para-hydroxylation sites is 1. The molecule has 0 fully saturated rings. The largest absolute Gasteiger partial charge is 0.468 e. The highest BCUT2D eigenvalue weighted by molar-refractivity contribution is 6.03. The van der Waals surface area contributed by atoms with E-state index < -0.39 is 5.82 Å². The van der Waals surface area contributed by atoms with Crippen molar-refractivity contribution in [3.05, 3.63) is 77.4 Å². The fourth-order valence-corrected chi connectivity index (χ4v) is 2.33. The molecule has 0 unspecified atom stereocenters. The van der Waals surface area contributed by atoms with Crippen LogP contribution in [-0.4, -0.2) is 15.7 Å². The normalized spacial score (nSPS) is 10.5. The zero-order valence-corrected chi connectivity index (χ0v) is 14.0. The third-order valence-electron chi connectivity index (χ3n) is 3.92. The van der Waals surface area contributed by atoms with E-state index in [-0.39, 0.29) is 24.1 Å². The number of amides is 1. The molecule has 0 spiro atoms. The van der Waals surface area contributed by atoms with Crippen molar-refractivity contribution in [2.75, 3.05) is 5.32 Å². The molecule has 0 saturated heterocycles. The van der Waals surface area contributed by atoms with Gasteiger partial charge in [-0.2, -0.15) is 5.10 Å². The van der Waals surface area contributed by atoms with Crippen LogP contribution in [0.3, 0.4) is 0 Å². The quantitative estimate of drug-likeness (QED) is 0.766. The predicted molar refractivity (Wildman–Crippen MR) is 93.1 cm³/mol. The van der Waals surface area contributed by atoms with Crippen LogP contribution in [0, 0.1) is 19.7 Å². The van der Waals surface area contributed by atoms with E-state index in [1.165, 1.54) is 16.8 Å². The molecule has 0 radical (unpaired) electrons. The monoisotopic (exact) mass is 339 g/mol. The number of carbonyl (C=O) groups is 1. The lowest BCUT2D eigenvalue weighted by Gasteiger charge is -2.09. The van der Waals surface area contributed by atoms with Gasteiger partial charge < -0.3 is 10.1 Å². The second-order valence-corrected chi connectivity index (χ2v) is 5.65. The number of anilines is 1. The summed E-state index contributed by atoms with van der Waals surface area (Å²) in [4.78, 5) is 12.3. The van der Waals surface area contributed by atoms with Gasteiger partial charge in [0.25, 0.3) is 5.91 Å². The molecule has 0 aliphatic heterocycles. The SMILES string of the molecule is Cc1cccc(NC(=O)c2ccn(COc3ccccc3F)n2)c1C. The molecule has 0 aliphatic rings. The molecule has 0 bridgehead atoms. The van der Waals surface area contributed by atoms with E-state index in [1.807, 2.05) is 32.0 Å². The number of hydrogen-bond acceptors (Lipinski definition) is 3. The Morgan fingerprint density at radius 3 is 2.76 bits per heavy atom. The van der Waals surface area contributed by atoms with Gasteiger partial charge in [0.2, 0.25) is 0 Å². The zero-order valence-electron chi connectivity index (χ0n) is 14.0. The Bertz CT molecular complexity index is 905. The molecule has 25 heavy (non-hydrogen) atoms. The topological polar surface area (TPSA) is 56.2 Å². The number of nitrogens with zero attached hydrogens (tertiary/aromatic N) is 2. The van der Waals surface area contributed by atoms with Gasteiger partial charge in [-0.15, -0.1) is 0 Å². The molecule has 1 amide bonds. The lowest BCUT2D eigenvalue weighted by Crippen LogP contribution is -2.15. The van der Waals surface area contributed by atoms with Gasteiger partial charge in [0.15, 0.2) is 24.0 Å². The van der Waals surface area contributed by atoms with Crippen LogP contribution in [0.2, 0.25) is 0 Å². The molecular formula is C19H18FN3O2. The molecule has 6 heteroatoms. The first kappa shape index (κ1) is 16.7. The zero-order chi connectivity index (χ0) is 17.8. The number of hydrogen-bond donors (Lipinski definition) is 1. The van der Waals surface area contributed by atoms with Crippen molar-refractivity contribution >= 4 is 11.6 Å². The molecule has 128 valence electrons. The van der Waals surface area contributed by atoms with Crippen molar-refractivity contribution in [3.63, 3.8) is 0 Å². The van der Waals surface area contributed by atoms with Crippen LogP contribution in [-0.2, 0) is 6.73 Å². The minimum absolute atomic E-state index is 0.0116. The molecule has 0 atom stereocenters. The Kier molecular flexibility index (Phi) is 4.79. The van der Waals surface area contributed by atoms with E-state index in [1.54, 1.807) is 24.4 Å². The lowest BCUT2D eigenvalue weighted by molar-refractivity contribution is 0.102. The average molecular weight is 339 g/mol. The molecule has 0 aliphatic carbocycles. The molecule has 2 aromatic carbocycles. The third-order valence-corrected chi connectivity index (χ3v) is 3.92. The van der Waals surface area contributed by atoms with Gasteiger partial charge in [-0.1, -0.05) is 24.3 Å². The van der Waals surface area contributed by atoms with Gasteiger partial charge in [0, 0.05) is 11.9 Å². The van der Waals surface area contributed by atoms with E-state index in [9.17, 15) is 9.18 Å². The maximum atomic E-state index is 13.5. The van der Waals surface area contributed by atoms with Crippen LogP contribution in [0.25, 0.3) is 0 Å². The van der Waals surface area contributed by atoms with Crippen molar-refractivity contribution in [2.45, 2.75) is 20.6 Å². The van der Waals surface area contributed by atoms with Crippen molar-refractivity contribution in [1.29, 1.82) is 0 Å². The fourth-order valence-electron chi connectivity index (χ4n) is 2.33. The number of rotatable bonds is 5. The number of benzene rings is 2. The number of aryl methyl sites for hydroxylation is 1. The van der Waals surface area contributed by atoms with Crippen molar-refractivity contribution in [3.8, 4) is 5.75 Å². The van der Waals surface area contributed by atoms with Crippen LogP contribution < -0.4 is 10.1 Å². The summed E-state index contributed by atoms with van der Waals surface area (Å²) in [6, 6.07) is 13.4. The summed E-state index contributed by atoms with van der Waals surface area (Å²) in [7, 11) is 0. The Labute approximate surface area is 145 Å². The summed E-state index contributed by atoms with van der Waals surface area (Å²) < 4.78 is 20.3. The van der Waals surface area contributed by atoms with Crippen LogP contribution in [0.1, 0.15) is 21.6 Å². The Hall–Kier alpha value is -3.15. The Balaban J connectivity index is 1.65. The summed E-state index contributed by atoms with van der Waals surface area (Å²) in [5, 5.41) is 7.01. The number of aromatic nitrogens is 2. The number of nitrogens with one attached hydrogen (secondary N) is 1. The number of ether oxygens (including phenoxy) is 1. The smallest absolute Gasteiger partial charge is 0.276 e. The summed E-state index contributed by atoms with van der Waals surface area (Å²) in [5.41, 5.74) is 3.12. The second kappa shape index (κ2) is 7.17. The molecule has 5 nitrogen and oxygen atoms in total. The molecule has 3 rings (SSSR count). The van der Waals surface area contributed by atoms with Crippen LogP contribution in [0.15, 0.2) is 54.7 Å². The predicted octanol–water partition coefficient (Wildman–Crippen LogP) is 3.93. The van der Waals surface area contributed by atoms with Gasteiger partial charge >= 0.3 is 0 Å². The first-order valence-corrected chi connectivity index (χ1v) is 7.83. The second-order valence-electron chi connectivity index (χ2n) is 5.65. The fraction of sp³-hybridized carbons (Fsp3) is 0.158. The average Bonchev–Trinajstić information content (AvgIpc) is 3.07. The highest BCUT2D eigenvalue weighted by Gasteiger charge is 2.12. The molecule has 3 aromatic rings. The molecular weight excluding hydrogens is 321 g/mol. The van der Waals surface area contributed by atoms with E-state index in [4.69, 9.17) is 4.74 Å². The van der Waals surface area contributed by atoms with Crippen molar-refractivity contribution in [1.82, 2.24) is 9.78 Å². The number of carbonyl (C=O) groups excluding carboxylic acids is 1. The van der Waals surface area contributed by atoms with Crippen LogP contribution in [0.5, 0.6) is 5.75 Å². The Morgan fingerprint density at radius 2 is 1.96 bits per heavy atom. The summed E-state index contributed by atoms with van der Waals surface area (Å²) in [6.45, 7) is 3.95. The molecule has 1 heterocycles. The highest BCUT2D eigenvalue weighted by Crippen LogP contribution is 2.19. The van der Waals surface area contributed by atoms with Crippen molar-refractivity contribution in [2.24, 2.45) is 0 Å². The van der Waals surface area contributed by atoms with E-state index >= 15 is 0 Å². The van der Waals surface area contributed by atoms with Gasteiger partial charge in [-0.25, -0.2) is 9.07 Å². The standard InChI is InChI=1S/C19H18FN3O2/c1-13-6-5-8-16(14(13)2)21-19(24)17-10-11-23(22-17)12-25-18-9-4-3-7-15(18)20/h3-11H,12H2,1-2H3,(H,21,24). The van der Waals surface area contributed by atoms with Crippen molar-refractivity contribution < 1.29 is 13.9 Å². The molecule has 1 aromatic heterocycles. The minimum atomic E-state index is -0.442. The third kappa shape index (κ3) is 3.85. The maximum Gasteiger partial charge on any atom is 0.276 e. The minimum Gasteiger partial charge on any atom is -0.468 e. The van der Waals surface area contributed by atoms with Gasteiger partial charge in [-0.3, -0.25) is 4.79 Å². The van der Waals surface area contributed by atoms with Gasteiger partial charge in [0.1, 0.15) is 0 Å². The highest BCUT2D eigenvalue weighted by atomic mass is 19.1. The summed E-state index contributed by atoms with van der Waals surface area (Å²) in [5.74, 6) is -0.611.